The molecule has 4 rings (SSSR count). The number of thioether (sulfide) groups is 1. The Labute approximate surface area is 168 Å². The third kappa shape index (κ3) is 3.54. The minimum Gasteiger partial charge on any atom is -0.471 e. The second-order valence-corrected chi connectivity index (χ2v) is 7.73. The number of ether oxygens (including phenoxy) is 5. The van der Waals surface area contributed by atoms with E-state index in [1.54, 1.807) is 12.3 Å². The van der Waals surface area contributed by atoms with E-state index >= 15 is 0 Å². The smallest absolute Gasteiger partial charge is 0.367 e. The Morgan fingerprint density at radius 2 is 1.90 bits per heavy atom. The van der Waals surface area contributed by atoms with E-state index in [-0.39, 0.29) is 6.61 Å². The first kappa shape index (κ1) is 20.6. The number of aliphatic hydroxyl groups excluding tert-OH is 4. The zero-order valence-electron chi connectivity index (χ0n) is 15.1. The predicted octanol–water partition coefficient (Wildman–Crippen LogP) is -1.40. The summed E-state index contributed by atoms with van der Waals surface area (Å²) < 4.78 is 26.7. The molecule has 9 unspecified atom stereocenters. The van der Waals surface area contributed by atoms with Gasteiger partial charge < -0.3 is 44.1 Å². The van der Waals surface area contributed by atoms with Crippen molar-refractivity contribution in [1.29, 1.82) is 0 Å². The van der Waals surface area contributed by atoms with Crippen LogP contribution in [-0.2, 0) is 28.5 Å². The summed E-state index contributed by atoms with van der Waals surface area (Å²) in [6.45, 7) is -0.0799. The van der Waals surface area contributed by atoms with Crippen molar-refractivity contribution in [2.24, 2.45) is 11.8 Å². The van der Waals surface area contributed by atoms with Crippen molar-refractivity contribution in [3.05, 3.63) is 23.5 Å². The van der Waals surface area contributed by atoms with E-state index in [1.165, 1.54) is 6.26 Å². The molecule has 0 saturated carbocycles. The maximum Gasteiger partial charge on any atom is 0.367 e. The number of esters is 1. The Morgan fingerprint density at radius 3 is 2.62 bits per heavy atom. The van der Waals surface area contributed by atoms with Crippen LogP contribution in [0.1, 0.15) is 0 Å². The molecule has 3 heterocycles. The van der Waals surface area contributed by atoms with E-state index in [0.717, 1.165) is 11.8 Å². The highest BCUT2D eigenvalue weighted by atomic mass is 32.2. The summed E-state index contributed by atoms with van der Waals surface area (Å²) in [7, 11) is 0. The highest BCUT2D eigenvalue weighted by Crippen LogP contribution is 2.49. The van der Waals surface area contributed by atoms with Gasteiger partial charge in [-0.2, -0.15) is 0 Å². The van der Waals surface area contributed by atoms with Crippen LogP contribution >= 0.6 is 11.8 Å². The van der Waals surface area contributed by atoms with E-state index in [1.807, 2.05) is 0 Å². The number of carbonyl (C=O) groups excluding carboxylic acids is 2. The second-order valence-electron chi connectivity index (χ2n) is 6.99. The van der Waals surface area contributed by atoms with Crippen molar-refractivity contribution in [1.82, 2.24) is 0 Å². The highest BCUT2D eigenvalue weighted by Gasteiger charge is 2.56. The molecule has 0 aromatic rings. The average Bonchev–Trinajstić information content (AvgIpc) is 3.22. The molecule has 1 aliphatic carbocycles. The molecule has 160 valence electrons. The number of hydrogen-bond donors (Lipinski definition) is 4. The predicted molar refractivity (Wildman–Crippen MR) is 92.7 cm³/mol. The molecule has 0 bridgehead atoms. The van der Waals surface area contributed by atoms with E-state index in [0.29, 0.717) is 11.1 Å². The minimum absolute atomic E-state index is 0.0799. The second kappa shape index (κ2) is 7.87. The van der Waals surface area contributed by atoms with Gasteiger partial charge in [0.15, 0.2) is 12.6 Å². The molecule has 11 nitrogen and oxygen atoms in total. The molecular formula is C17H20O11S. The van der Waals surface area contributed by atoms with E-state index < -0.39 is 66.4 Å². The molecule has 0 aromatic heterocycles. The highest BCUT2D eigenvalue weighted by molar-refractivity contribution is 8.12. The van der Waals surface area contributed by atoms with Gasteiger partial charge in [-0.1, -0.05) is 0 Å². The Morgan fingerprint density at radius 1 is 1.14 bits per heavy atom. The zero-order chi connectivity index (χ0) is 20.9. The molecule has 0 spiro atoms. The van der Waals surface area contributed by atoms with Gasteiger partial charge >= 0.3 is 11.3 Å². The van der Waals surface area contributed by atoms with Crippen LogP contribution in [0.5, 0.6) is 0 Å². The Bertz CT molecular complexity index is 752. The molecule has 4 aliphatic rings. The molecule has 0 radical (unpaired) electrons. The summed E-state index contributed by atoms with van der Waals surface area (Å²) in [5.41, 5.74) is 0.903. The number of carbonyl (C=O) groups is 2. The van der Waals surface area contributed by atoms with Crippen LogP contribution in [0.4, 0.5) is 4.79 Å². The van der Waals surface area contributed by atoms with Crippen LogP contribution in [-0.4, -0.2) is 87.8 Å². The third-order valence-corrected chi connectivity index (χ3v) is 5.79. The van der Waals surface area contributed by atoms with Crippen molar-refractivity contribution >= 4 is 23.0 Å². The van der Waals surface area contributed by atoms with E-state index in [9.17, 15) is 30.0 Å². The fourth-order valence-electron chi connectivity index (χ4n) is 3.90. The first-order chi connectivity index (χ1) is 13.8. The number of rotatable bonds is 4. The molecular weight excluding hydrogens is 412 g/mol. The molecule has 2 saturated heterocycles. The zero-order valence-corrected chi connectivity index (χ0v) is 15.9. The molecule has 2 fully saturated rings. The lowest BCUT2D eigenvalue weighted by molar-refractivity contribution is -0.368. The van der Waals surface area contributed by atoms with Crippen molar-refractivity contribution in [2.45, 2.75) is 43.3 Å². The largest absolute Gasteiger partial charge is 0.471 e. The Hall–Kier alpha value is -1.67. The van der Waals surface area contributed by atoms with Gasteiger partial charge in [-0.05, 0) is 29.7 Å². The Kier molecular flexibility index (Phi) is 5.59. The molecule has 0 aromatic carbocycles. The van der Waals surface area contributed by atoms with Crippen LogP contribution in [0.3, 0.4) is 0 Å². The SMILES string of the molecule is CSC(=O)OCC1=CC2OC(=O)C3=COC(OC4OC(O)C(O)C(O)C4O)C1C32. The standard InChI is InChI=1S/C17H20O11S/c1-29-17(23)25-3-5-2-7-9-6(13(21)26-7)4-24-15(8(5)9)28-16-12(20)10(18)11(19)14(22)27-16/h2,4,7-12,14-16,18-20,22H,3H2,1H3. The van der Waals surface area contributed by atoms with Crippen molar-refractivity contribution in [3.63, 3.8) is 0 Å². The van der Waals surface area contributed by atoms with Gasteiger partial charge in [-0.3, -0.25) is 0 Å². The molecule has 0 amide bonds. The van der Waals surface area contributed by atoms with E-state index in [4.69, 9.17) is 23.7 Å². The van der Waals surface area contributed by atoms with Crippen LogP contribution in [0.2, 0.25) is 0 Å². The van der Waals surface area contributed by atoms with Crippen LogP contribution in [0, 0.1) is 11.8 Å². The molecule has 9 atom stereocenters. The summed E-state index contributed by atoms with van der Waals surface area (Å²) in [4.78, 5) is 23.5. The van der Waals surface area contributed by atoms with Gasteiger partial charge in [0.25, 0.3) is 0 Å². The lowest BCUT2D eigenvalue weighted by atomic mass is 9.84. The maximum absolute atomic E-state index is 12.0. The summed E-state index contributed by atoms with van der Waals surface area (Å²) in [5.74, 6) is -1.56. The first-order valence-corrected chi connectivity index (χ1v) is 10.0. The van der Waals surface area contributed by atoms with Crippen LogP contribution < -0.4 is 0 Å². The third-order valence-electron chi connectivity index (χ3n) is 5.34. The topological polar surface area (TPSA) is 161 Å². The molecule has 4 N–H and O–H groups in total. The molecule has 29 heavy (non-hydrogen) atoms. The Balaban J connectivity index is 1.54. The minimum atomic E-state index is -1.78. The quantitative estimate of drug-likeness (QED) is 0.304. The van der Waals surface area contributed by atoms with Gasteiger partial charge in [-0.25, -0.2) is 9.59 Å². The lowest BCUT2D eigenvalue weighted by Gasteiger charge is -2.41. The van der Waals surface area contributed by atoms with Gasteiger partial charge in [0.1, 0.15) is 31.0 Å². The lowest BCUT2D eigenvalue weighted by Crippen LogP contribution is -2.59. The van der Waals surface area contributed by atoms with Crippen molar-refractivity contribution < 1.29 is 53.7 Å². The first-order valence-electron chi connectivity index (χ1n) is 8.83. The number of aliphatic hydroxyl groups is 4. The summed E-state index contributed by atoms with van der Waals surface area (Å²) in [5, 5.41) is 38.8. The van der Waals surface area contributed by atoms with Crippen molar-refractivity contribution in [3.8, 4) is 0 Å². The fraction of sp³-hybridized carbons (Fsp3) is 0.647. The summed E-state index contributed by atoms with van der Waals surface area (Å²) >= 11 is 0.904. The average molecular weight is 432 g/mol. The molecule has 12 heteroatoms. The monoisotopic (exact) mass is 432 g/mol. The number of hydrogen-bond acceptors (Lipinski definition) is 12. The summed E-state index contributed by atoms with van der Waals surface area (Å²) in [6, 6.07) is 0. The summed E-state index contributed by atoms with van der Waals surface area (Å²) in [6.07, 6.45) is -5.61. The molecule has 3 aliphatic heterocycles. The van der Waals surface area contributed by atoms with Crippen LogP contribution in [0.25, 0.3) is 0 Å². The maximum atomic E-state index is 12.0. The van der Waals surface area contributed by atoms with Crippen LogP contribution in [0.15, 0.2) is 23.5 Å². The van der Waals surface area contributed by atoms with Gasteiger partial charge in [0, 0.05) is 5.92 Å². The van der Waals surface area contributed by atoms with Crippen molar-refractivity contribution in [2.75, 3.05) is 12.9 Å². The van der Waals surface area contributed by atoms with Gasteiger partial charge in [0.05, 0.1) is 17.8 Å². The van der Waals surface area contributed by atoms with E-state index in [2.05, 4.69) is 0 Å². The fourth-order valence-corrected chi connectivity index (χ4v) is 4.08. The normalized spacial score (nSPS) is 43.1. The van der Waals surface area contributed by atoms with Gasteiger partial charge in [-0.15, -0.1) is 0 Å². The van der Waals surface area contributed by atoms with Gasteiger partial charge in [0.2, 0.25) is 6.29 Å².